The molecule has 2 N–H and O–H groups in total. The van der Waals surface area contributed by atoms with E-state index in [0.717, 1.165) is 12.8 Å². The van der Waals surface area contributed by atoms with Crippen LogP contribution in [0.2, 0.25) is 0 Å². The van der Waals surface area contributed by atoms with Crippen LogP contribution in [-0.2, 0) is 19.6 Å². The molecule has 1 heterocycles. The number of rotatable bonds is 8. The lowest BCUT2D eigenvalue weighted by atomic mass is 9.94. The molecule has 2 rings (SSSR count). The van der Waals surface area contributed by atoms with E-state index in [2.05, 4.69) is 10.6 Å². The molecule has 1 aliphatic rings. The Labute approximate surface area is 189 Å². The lowest BCUT2D eigenvalue weighted by molar-refractivity contribution is -0.123. The summed E-state index contributed by atoms with van der Waals surface area (Å²) in [5.41, 5.74) is 0.110. The van der Waals surface area contributed by atoms with Gasteiger partial charge in [-0.05, 0) is 54.9 Å². The van der Waals surface area contributed by atoms with Gasteiger partial charge in [0.05, 0.1) is 10.5 Å². The van der Waals surface area contributed by atoms with Gasteiger partial charge in [-0.15, -0.1) is 0 Å². The van der Waals surface area contributed by atoms with Crippen LogP contribution < -0.4 is 10.6 Å². The third-order valence-corrected chi connectivity index (χ3v) is 7.00. The quantitative estimate of drug-likeness (QED) is 0.566. The number of benzene rings is 1. The largest absolute Gasteiger partial charge is 0.452 e. The van der Waals surface area contributed by atoms with Crippen LogP contribution in [0.5, 0.6) is 0 Å². The van der Waals surface area contributed by atoms with Gasteiger partial charge in [-0.1, -0.05) is 27.7 Å². The van der Waals surface area contributed by atoms with E-state index in [1.807, 2.05) is 27.7 Å². The number of ether oxygens (including phenoxy) is 1. The fraction of sp³-hybridized carbons (Fsp3) is 0.591. The van der Waals surface area contributed by atoms with Gasteiger partial charge >= 0.3 is 12.0 Å². The summed E-state index contributed by atoms with van der Waals surface area (Å²) in [6.45, 7) is 8.83. The van der Waals surface area contributed by atoms with Crippen molar-refractivity contribution in [2.75, 3.05) is 26.2 Å². The van der Waals surface area contributed by atoms with E-state index < -0.39 is 34.5 Å². The molecule has 0 saturated carbocycles. The molecule has 1 aromatic rings. The maximum absolute atomic E-state index is 12.9. The summed E-state index contributed by atoms with van der Waals surface area (Å²) in [5.74, 6) is -0.560. The molecular weight excluding hydrogens is 434 g/mol. The summed E-state index contributed by atoms with van der Waals surface area (Å²) in [5, 5.41) is 4.63. The Morgan fingerprint density at radius 2 is 1.69 bits per heavy atom. The minimum Gasteiger partial charge on any atom is -0.452 e. The van der Waals surface area contributed by atoms with Gasteiger partial charge in [0.2, 0.25) is 10.0 Å². The van der Waals surface area contributed by atoms with Crippen molar-refractivity contribution < 1.29 is 27.5 Å². The van der Waals surface area contributed by atoms with Crippen molar-refractivity contribution in [3.63, 3.8) is 0 Å². The van der Waals surface area contributed by atoms with Crippen LogP contribution >= 0.6 is 0 Å². The molecule has 2 unspecified atom stereocenters. The normalized spacial score (nSPS) is 19.4. The van der Waals surface area contributed by atoms with Crippen molar-refractivity contribution in [3.05, 3.63) is 29.8 Å². The lowest BCUT2D eigenvalue weighted by Gasteiger charge is -2.34. The van der Waals surface area contributed by atoms with E-state index in [9.17, 15) is 22.8 Å². The van der Waals surface area contributed by atoms with Crippen molar-refractivity contribution in [2.45, 2.75) is 45.4 Å². The number of amides is 3. The zero-order valence-electron chi connectivity index (χ0n) is 19.1. The van der Waals surface area contributed by atoms with E-state index in [-0.39, 0.29) is 22.3 Å². The fourth-order valence-corrected chi connectivity index (χ4v) is 5.29. The Morgan fingerprint density at radius 1 is 1.09 bits per heavy atom. The molecule has 0 bridgehead atoms. The number of piperidine rings is 1. The SMILES string of the molecule is CC(C)CCNC(=O)NC(=O)COC(=O)c1ccc(S(=O)(=O)N2CC(C)CC(C)C2)cc1. The average Bonchev–Trinajstić information content (AvgIpc) is 2.71. The molecular formula is C22H33N3O6S. The van der Waals surface area contributed by atoms with Gasteiger partial charge in [0.15, 0.2) is 6.61 Å². The van der Waals surface area contributed by atoms with E-state index in [1.165, 1.54) is 28.6 Å². The second-order valence-electron chi connectivity index (χ2n) is 8.86. The van der Waals surface area contributed by atoms with Crippen LogP contribution in [0.1, 0.15) is 50.9 Å². The van der Waals surface area contributed by atoms with E-state index in [4.69, 9.17) is 4.74 Å². The molecule has 1 aromatic carbocycles. The van der Waals surface area contributed by atoms with Crippen molar-refractivity contribution in [2.24, 2.45) is 17.8 Å². The summed E-state index contributed by atoms with van der Waals surface area (Å²) < 4.78 is 32.2. The first-order valence-electron chi connectivity index (χ1n) is 10.8. The summed E-state index contributed by atoms with van der Waals surface area (Å²) in [4.78, 5) is 35.6. The van der Waals surface area contributed by atoms with Crippen molar-refractivity contribution in [1.82, 2.24) is 14.9 Å². The number of nitrogens with one attached hydrogen (secondary N) is 2. The Kier molecular flexibility index (Phi) is 9.21. The molecule has 9 nitrogen and oxygen atoms in total. The first kappa shape index (κ1) is 25.8. The molecule has 32 heavy (non-hydrogen) atoms. The number of carbonyl (C=O) groups excluding carboxylic acids is 3. The Morgan fingerprint density at radius 3 is 2.25 bits per heavy atom. The van der Waals surface area contributed by atoms with Crippen molar-refractivity contribution in [1.29, 1.82) is 0 Å². The van der Waals surface area contributed by atoms with Gasteiger partial charge < -0.3 is 10.1 Å². The van der Waals surface area contributed by atoms with E-state index in [0.29, 0.717) is 25.6 Å². The number of hydrogen-bond donors (Lipinski definition) is 2. The summed E-state index contributed by atoms with van der Waals surface area (Å²) in [7, 11) is -3.65. The molecule has 3 amide bonds. The molecule has 1 saturated heterocycles. The van der Waals surface area contributed by atoms with E-state index >= 15 is 0 Å². The molecule has 1 fully saturated rings. The smallest absolute Gasteiger partial charge is 0.338 e. The molecule has 0 aromatic heterocycles. The van der Waals surface area contributed by atoms with Crippen LogP contribution in [0.15, 0.2) is 29.2 Å². The molecule has 1 aliphatic heterocycles. The zero-order chi connectivity index (χ0) is 23.9. The number of esters is 1. The lowest BCUT2D eigenvalue weighted by Crippen LogP contribution is -2.42. The molecule has 0 spiro atoms. The average molecular weight is 468 g/mol. The number of carbonyl (C=O) groups is 3. The van der Waals surface area contributed by atoms with Gasteiger partial charge in [0, 0.05) is 19.6 Å². The monoisotopic (exact) mass is 467 g/mol. The number of hydrogen-bond acceptors (Lipinski definition) is 6. The minimum absolute atomic E-state index is 0.103. The van der Waals surface area contributed by atoms with Crippen LogP contribution in [0.25, 0.3) is 0 Å². The van der Waals surface area contributed by atoms with Crippen LogP contribution in [0, 0.1) is 17.8 Å². The van der Waals surface area contributed by atoms with Gasteiger partial charge in [-0.3, -0.25) is 10.1 Å². The number of imide groups is 1. The summed E-state index contributed by atoms with van der Waals surface area (Å²) >= 11 is 0. The molecule has 2 atom stereocenters. The molecule has 0 radical (unpaired) electrons. The van der Waals surface area contributed by atoms with E-state index in [1.54, 1.807) is 0 Å². The standard InChI is InChI=1S/C22H33N3O6S/c1-15(2)9-10-23-22(28)24-20(26)14-31-21(27)18-5-7-19(8-6-18)32(29,30)25-12-16(3)11-17(4)13-25/h5-8,15-17H,9-14H2,1-4H3,(H2,23,24,26,28). The van der Waals surface area contributed by atoms with Crippen LogP contribution in [0.3, 0.4) is 0 Å². The van der Waals surface area contributed by atoms with Crippen LogP contribution in [0.4, 0.5) is 4.79 Å². The fourth-order valence-electron chi connectivity index (χ4n) is 3.61. The maximum atomic E-state index is 12.9. The number of nitrogens with zero attached hydrogens (tertiary/aromatic N) is 1. The summed E-state index contributed by atoms with van der Waals surface area (Å²) in [6.07, 6.45) is 1.77. The Hall–Kier alpha value is -2.46. The van der Waals surface area contributed by atoms with Crippen LogP contribution in [-0.4, -0.2) is 56.9 Å². The predicted molar refractivity (Wildman–Crippen MR) is 119 cm³/mol. The second-order valence-corrected chi connectivity index (χ2v) is 10.8. The maximum Gasteiger partial charge on any atom is 0.338 e. The van der Waals surface area contributed by atoms with Gasteiger partial charge in [-0.2, -0.15) is 4.31 Å². The summed E-state index contributed by atoms with van der Waals surface area (Å²) in [6, 6.07) is 4.77. The molecule has 0 aliphatic carbocycles. The third kappa shape index (κ3) is 7.59. The highest BCUT2D eigenvalue weighted by atomic mass is 32.2. The highest BCUT2D eigenvalue weighted by molar-refractivity contribution is 7.89. The topological polar surface area (TPSA) is 122 Å². The first-order valence-corrected chi connectivity index (χ1v) is 12.3. The highest BCUT2D eigenvalue weighted by Crippen LogP contribution is 2.26. The van der Waals surface area contributed by atoms with Gasteiger partial charge in [-0.25, -0.2) is 18.0 Å². The molecule has 10 heteroatoms. The third-order valence-electron chi connectivity index (χ3n) is 5.16. The Bertz CT molecular complexity index is 904. The Balaban J connectivity index is 1.87. The highest BCUT2D eigenvalue weighted by Gasteiger charge is 2.31. The van der Waals surface area contributed by atoms with Crippen molar-refractivity contribution in [3.8, 4) is 0 Å². The van der Waals surface area contributed by atoms with Gasteiger partial charge in [0.25, 0.3) is 5.91 Å². The first-order chi connectivity index (χ1) is 15.0. The predicted octanol–water partition coefficient (Wildman–Crippen LogP) is 2.38. The number of sulfonamides is 1. The molecule has 178 valence electrons. The second kappa shape index (κ2) is 11.4. The van der Waals surface area contributed by atoms with Crippen molar-refractivity contribution >= 4 is 27.9 Å². The number of urea groups is 1. The van der Waals surface area contributed by atoms with Gasteiger partial charge in [0.1, 0.15) is 0 Å². The minimum atomic E-state index is -3.65. The zero-order valence-corrected chi connectivity index (χ0v) is 19.9.